The van der Waals surface area contributed by atoms with E-state index in [0.717, 1.165) is 116 Å². The summed E-state index contributed by atoms with van der Waals surface area (Å²) >= 11 is 0. The first kappa shape index (κ1) is 60.9. The monoisotopic (exact) mass is 893 g/mol. The Balaban J connectivity index is 4.37. The Bertz CT molecular complexity index is 1210. The molecule has 0 N–H and O–H groups in total. The molecule has 0 aliphatic carbocycles. The van der Waals surface area contributed by atoms with Crippen molar-refractivity contribution in [3.05, 3.63) is 72.9 Å². The summed E-state index contributed by atoms with van der Waals surface area (Å²) < 4.78 is 16.8. The topological polar surface area (TPSA) is 78.9 Å². The smallest absolute Gasteiger partial charge is 0.306 e. The molecular formula is C58H100O6. The predicted octanol–water partition coefficient (Wildman–Crippen LogP) is 17.8. The molecule has 0 rings (SSSR count). The van der Waals surface area contributed by atoms with E-state index >= 15 is 0 Å². The third kappa shape index (κ3) is 49.9. The van der Waals surface area contributed by atoms with E-state index in [1.165, 1.54) is 103 Å². The van der Waals surface area contributed by atoms with Gasteiger partial charge in [-0.15, -0.1) is 0 Å². The molecular weight excluding hydrogens is 793 g/mol. The molecule has 0 spiro atoms. The molecule has 0 saturated carbocycles. The fourth-order valence-electron chi connectivity index (χ4n) is 7.39. The summed E-state index contributed by atoms with van der Waals surface area (Å²) in [5, 5.41) is 0. The van der Waals surface area contributed by atoms with Gasteiger partial charge in [0.15, 0.2) is 6.10 Å². The molecule has 0 aliphatic heterocycles. The predicted molar refractivity (Wildman–Crippen MR) is 274 cm³/mol. The summed E-state index contributed by atoms with van der Waals surface area (Å²) in [4.78, 5) is 38.0. The molecule has 1 atom stereocenters. The quantitative estimate of drug-likeness (QED) is 0.0262. The van der Waals surface area contributed by atoms with Crippen LogP contribution in [0.25, 0.3) is 0 Å². The Kier molecular flexibility index (Phi) is 49.9. The van der Waals surface area contributed by atoms with Gasteiger partial charge in [0, 0.05) is 19.3 Å². The van der Waals surface area contributed by atoms with Crippen molar-refractivity contribution < 1.29 is 28.6 Å². The third-order valence-electron chi connectivity index (χ3n) is 11.4. The summed E-state index contributed by atoms with van der Waals surface area (Å²) in [7, 11) is 0. The largest absolute Gasteiger partial charge is 0.462 e. The van der Waals surface area contributed by atoms with Gasteiger partial charge in [-0.3, -0.25) is 14.4 Å². The molecule has 0 amide bonds. The maximum atomic E-state index is 12.8. The van der Waals surface area contributed by atoms with Crippen LogP contribution in [-0.2, 0) is 28.6 Å². The fourth-order valence-corrected chi connectivity index (χ4v) is 7.39. The van der Waals surface area contributed by atoms with Crippen LogP contribution in [0.2, 0.25) is 0 Å². The highest BCUT2D eigenvalue weighted by molar-refractivity contribution is 5.71. The van der Waals surface area contributed by atoms with E-state index in [2.05, 4.69) is 93.7 Å². The molecule has 1 unspecified atom stereocenters. The summed E-state index contributed by atoms with van der Waals surface area (Å²) in [5.41, 5.74) is 0. The van der Waals surface area contributed by atoms with Crippen LogP contribution >= 0.6 is 0 Å². The summed E-state index contributed by atoms with van der Waals surface area (Å²) in [5.74, 6) is -0.907. The molecule has 0 radical (unpaired) electrons. The number of esters is 3. The van der Waals surface area contributed by atoms with Crippen molar-refractivity contribution >= 4 is 17.9 Å². The van der Waals surface area contributed by atoms with Crippen LogP contribution in [0.1, 0.15) is 258 Å². The average molecular weight is 893 g/mol. The molecule has 0 aromatic rings. The number of carbonyl (C=O) groups excluding carboxylic acids is 3. The molecule has 0 saturated heterocycles. The number of hydrogen-bond donors (Lipinski definition) is 0. The zero-order valence-corrected chi connectivity index (χ0v) is 42.0. The average Bonchev–Trinajstić information content (AvgIpc) is 3.29. The number of rotatable bonds is 48. The lowest BCUT2D eigenvalue weighted by molar-refractivity contribution is -0.167. The minimum absolute atomic E-state index is 0.0845. The van der Waals surface area contributed by atoms with E-state index in [9.17, 15) is 14.4 Å². The number of ether oxygens (including phenoxy) is 3. The van der Waals surface area contributed by atoms with Crippen LogP contribution in [0.15, 0.2) is 72.9 Å². The van der Waals surface area contributed by atoms with Gasteiger partial charge in [-0.05, 0) is 83.5 Å². The standard InChI is InChI=1S/C58H100O6/c1-4-7-10-13-16-19-22-24-26-27-28-29-30-31-32-34-36-39-42-45-48-51-57(60)63-54-55(53-62-56(59)50-47-44-41-38-35-21-18-15-12-9-6-3)64-58(61)52-49-46-43-40-37-33-25-23-20-17-14-11-8-5-2/h7,10,15-16,18-19,24,26,28-29,31-32,55H,4-6,8-9,11-14,17,20-23,25,27,30,33-54H2,1-3H3/b10-7-,18-15-,19-16-,26-24-,29-28-,32-31-. The molecule has 6 heteroatoms. The van der Waals surface area contributed by atoms with Crippen molar-refractivity contribution in [3.63, 3.8) is 0 Å². The third-order valence-corrected chi connectivity index (χ3v) is 11.4. The molecule has 0 aliphatic rings. The lowest BCUT2D eigenvalue weighted by Crippen LogP contribution is -2.30. The van der Waals surface area contributed by atoms with Gasteiger partial charge in [-0.2, -0.15) is 0 Å². The van der Waals surface area contributed by atoms with Crippen molar-refractivity contribution in [2.75, 3.05) is 13.2 Å². The lowest BCUT2D eigenvalue weighted by atomic mass is 10.0. The summed E-state index contributed by atoms with van der Waals surface area (Å²) in [6.45, 7) is 6.47. The molecule has 0 heterocycles. The Morgan fingerprint density at radius 2 is 0.625 bits per heavy atom. The van der Waals surface area contributed by atoms with Crippen LogP contribution in [0.4, 0.5) is 0 Å². The fraction of sp³-hybridized carbons (Fsp3) is 0.741. The lowest BCUT2D eigenvalue weighted by Gasteiger charge is -2.18. The van der Waals surface area contributed by atoms with Crippen molar-refractivity contribution in [2.45, 2.75) is 264 Å². The van der Waals surface area contributed by atoms with Gasteiger partial charge in [-0.25, -0.2) is 0 Å². The molecule has 6 nitrogen and oxygen atoms in total. The van der Waals surface area contributed by atoms with E-state index in [-0.39, 0.29) is 31.1 Å². The minimum atomic E-state index is -0.784. The minimum Gasteiger partial charge on any atom is -0.462 e. The molecule has 64 heavy (non-hydrogen) atoms. The second-order valence-corrected chi connectivity index (χ2v) is 17.8. The van der Waals surface area contributed by atoms with Gasteiger partial charge in [0.1, 0.15) is 13.2 Å². The van der Waals surface area contributed by atoms with Crippen molar-refractivity contribution in [1.29, 1.82) is 0 Å². The van der Waals surface area contributed by atoms with Gasteiger partial charge < -0.3 is 14.2 Å². The maximum Gasteiger partial charge on any atom is 0.306 e. The van der Waals surface area contributed by atoms with E-state index in [1.807, 2.05) is 0 Å². The number of allylic oxidation sites excluding steroid dienone is 12. The van der Waals surface area contributed by atoms with E-state index < -0.39 is 6.10 Å². The van der Waals surface area contributed by atoms with E-state index in [0.29, 0.717) is 19.3 Å². The van der Waals surface area contributed by atoms with E-state index in [1.54, 1.807) is 0 Å². The first-order valence-corrected chi connectivity index (χ1v) is 26.9. The molecule has 368 valence electrons. The van der Waals surface area contributed by atoms with Gasteiger partial charge in [0.25, 0.3) is 0 Å². The first-order valence-electron chi connectivity index (χ1n) is 26.9. The highest BCUT2D eigenvalue weighted by atomic mass is 16.6. The molecule has 0 aromatic heterocycles. The summed E-state index contributed by atoms with van der Waals surface area (Å²) in [6, 6.07) is 0. The van der Waals surface area contributed by atoms with Crippen molar-refractivity contribution in [2.24, 2.45) is 0 Å². The van der Waals surface area contributed by atoms with Crippen molar-refractivity contribution in [3.8, 4) is 0 Å². The normalized spacial score (nSPS) is 12.6. The second-order valence-electron chi connectivity index (χ2n) is 17.8. The highest BCUT2D eigenvalue weighted by Crippen LogP contribution is 2.15. The Morgan fingerprint density at radius 1 is 0.328 bits per heavy atom. The molecule has 0 aromatic carbocycles. The maximum absolute atomic E-state index is 12.8. The Morgan fingerprint density at radius 3 is 1.02 bits per heavy atom. The van der Waals surface area contributed by atoms with Crippen molar-refractivity contribution in [1.82, 2.24) is 0 Å². The molecule has 0 bridgehead atoms. The van der Waals surface area contributed by atoms with Gasteiger partial charge in [0.05, 0.1) is 0 Å². The molecule has 0 fully saturated rings. The van der Waals surface area contributed by atoms with Gasteiger partial charge >= 0.3 is 17.9 Å². The van der Waals surface area contributed by atoms with Crippen LogP contribution in [0.5, 0.6) is 0 Å². The van der Waals surface area contributed by atoms with Crippen LogP contribution < -0.4 is 0 Å². The number of hydrogen-bond acceptors (Lipinski definition) is 6. The Hall–Kier alpha value is -3.15. The Labute approximate surface area is 395 Å². The van der Waals surface area contributed by atoms with E-state index in [4.69, 9.17) is 14.2 Å². The van der Waals surface area contributed by atoms with Gasteiger partial charge in [0.2, 0.25) is 0 Å². The highest BCUT2D eigenvalue weighted by Gasteiger charge is 2.19. The number of unbranched alkanes of at least 4 members (excludes halogenated alkanes) is 25. The van der Waals surface area contributed by atoms with Crippen LogP contribution in [-0.4, -0.2) is 37.2 Å². The number of carbonyl (C=O) groups is 3. The summed E-state index contributed by atoms with van der Waals surface area (Å²) in [6.07, 6.45) is 66.0. The zero-order valence-electron chi connectivity index (χ0n) is 42.0. The van der Waals surface area contributed by atoms with Crippen LogP contribution in [0.3, 0.4) is 0 Å². The zero-order chi connectivity index (χ0) is 46.5. The van der Waals surface area contributed by atoms with Crippen LogP contribution in [0, 0.1) is 0 Å². The first-order chi connectivity index (χ1) is 31.5. The SMILES string of the molecule is CC/C=C\C/C=C\C/C=C\C/C=C\C/C=C\CCCCCCCC(=O)OCC(COC(=O)CCCCCCC/C=C\CCCC)OC(=O)CCCCCCCCCCCCCCCC. The van der Waals surface area contributed by atoms with Gasteiger partial charge in [-0.1, -0.05) is 229 Å². The second kappa shape index (κ2) is 52.5.